The highest BCUT2D eigenvalue weighted by Crippen LogP contribution is 2.23. The average Bonchev–Trinajstić information content (AvgIpc) is 2.69. The number of anilines is 1. The number of hydrogen-bond donors (Lipinski definition) is 2. The Balaban J connectivity index is 2.30. The van der Waals surface area contributed by atoms with Gasteiger partial charge in [0.25, 0.3) is 5.91 Å². The number of nitrogens with one attached hydrogen (secondary N) is 1. The first-order chi connectivity index (χ1) is 14.5. The van der Waals surface area contributed by atoms with E-state index in [2.05, 4.69) is 5.32 Å². The molecule has 0 aliphatic heterocycles. The Morgan fingerprint density at radius 1 is 1.10 bits per heavy atom. The molecule has 170 valence electrons. The van der Waals surface area contributed by atoms with Crippen LogP contribution in [0.15, 0.2) is 35.2 Å². The Bertz CT molecular complexity index is 1040. The van der Waals surface area contributed by atoms with Gasteiger partial charge in [-0.3, -0.25) is 4.79 Å². The topological polar surface area (TPSA) is 86.7 Å². The van der Waals surface area contributed by atoms with Crippen molar-refractivity contribution in [3.05, 3.63) is 59.2 Å². The van der Waals surface area contributed by atoms with E-state index in [1.165, 1.54) is 0 Å². The number of benzene rings is 2. The Labute approximate surface area is 177 Å². The second kappa shape index (κ2) is 10.2. The number of rotatable bonds is 9. The summed E-state index contributed by atoms with van der Waals surface area (Å²) in [6, 6.07) is 3.71. The van der Waals surface area contributed by atoms with E-state index in [0.717, 1.165) is 22.5 Å². The molecule has 6 nitrogen and oxygen atoms in total. The minimum atomic E-state index is -4.30. The highest BCUT2D eigenvalue weighted by atomic mass is 32.2. The summed E-state index contributed by atoms with van der Waals surface area (Å²) in [4.78, 5) is 11.6. The monoisotopic (exact) mass is 462 g/mol. The minimum Gasteiger partial charge on any atom is -0.393 e. The maximum atomic E-state index is 14.3. The van der Waals surface area contributed by atoms with Crippen LogP contribution in [0, 0.1) is 23.3 Å². The number of hydrogen-bond acceptors (Lipinski definition) is 4. The highest BCUT2D eigenvalue weighted by Gasteiger charge is 2.27. The summed E-state index contributed by atoms with van der Waals surface area (Å²) in [5.74, 6) is -6.80. The summed E-state index contributed by atoms with van der Waals surface area (Å²) in [7, 11) is -4.30. The van der Waals surface area contributed by atoms with Crippen molar-refractivity contribution >= 4 is 21.6 Å². The van der Waals surface area contributed by atoms with Crippen LogP contribution < -0.4 is 5.32 Å². The molecule has 31 heavy (non-hydrogen) atoms. The lowest BCUT2D eigenvalue weighted by Gasteiger charge is -2.21. The van der Waals surface area contributed by atoms with Crippen LogP contribution >= 0.6 is 0 Å². The van der Waals surface area contributed by atoms with Gasteiger partial charge in [-0.05, 0) is 38.0 Å². The first-order valence-corrected chi connectivity index (χ1v) is 10.8. The molecule has 2 rings (SSSR count). The molecule has 0 fully saturated rings. The number of amides is 1. The van der Waals surface area contributed by atoms with Gasteiger partial charge in [0.15, 0.2) is 17.5 Å². The fourth-order valence-electron chi connectivity index (χ4n) is 2.82. The molecule has 2 aromatic carbocycles. The van der Waals surface area contributed by atoms with Crippen LogP contribution in [0.1, 0.15) is 37.0 Å². The summed E-state index contributed by atoms with van der Waals surface area (Å²) in [6.07, 6.45) is 0.0713. The van der Waals surface area contributed by atoms with Crippen molar-refractivity contribution in [3.8, 4) is 0 Å². The maximum Gasteiger partial charge on any atom is 0.255 e. The van der Waals surface area contributed by atoms with Gasteiger partial charge in [-0.25, -0.2) is 26.0 Å². The van der Waals surface area contributed by atoms with Gasteiger partial charge < -0.3 is 10.4 Å². The third-order valence-electron chi connectivity index (χ3n) is 4.44. The van der Waals surface area contributed by atoms with Crippen molar-refractivity contribution in [2.75, 3.05) is 18.4 Å². The van der Waals surface area contributed by atoms with E-state index in [1.54, 1.807) is 13.8 Å². The lowest BCUT2D eigenvalue weighted by molar-refractivity contribution is 0.102. The minimum absolute atomic E-state index is 0.0339. The molecule has 2 N–H and O–H groups in total. The Kier molecular flexibility index (Phi) is 8.15. The predicted molar refractivity (Wildman–Crippen MR) is 106 cm³/mol. The quantitative estimate of drug-likeness (QED) is 0.440. The van der Waals surface area contributed by atoms with Crippen molar-refractivity contribution in [1.82, 2.24) is 4.31 Å². The van der Waals surface area contributed by atoms with Crippen LogP contribution in [0.3, 0.4) is 0 Å². The van der Waals surface area contributed by atoms with Crippen molar-refractivity contribution in [3.63, 3.8) is 0 Å². The number of carbonyl (C=O) groups excluding carboxylic acids is 1. The Morgan fingerprint density at radius 3 is 2.26 bits per heavy atom. The normalized spacial score (nSPS) is 12.8. The number of aliphatic hydroxyl groups is 1. The molecule has 1 atom stereocenters. The molecule has 2 aromatic rings. The van der Waals surface area contributed by atoms with Crippen LogP contribution in [-0.4, -0.2) is 42.9 Å². The van der Waals surface area contributed by atoms with Gasteiger partial charge in [-0.2, -0.15) is 4.31 Å². The molecular weight excluding hydrogens is 440 g/mol. The predicted octanol–water partition coefficient (Wildman–Crippen LogP) is 3.67. The first kappa shape index (κ1) is 24.8. The Hall–Kier alpha value is -2.50. The molecule has 0 bridgehead atoms. The van der Waals surface area contributed by atoms with E-state index >= 15 is 0 Å². The largest absolute Gasteiger partial charge is 0.393 e. The van der Waals surface area contributed by atoms with Crippen LogP contribution in [0.4, 0.5) is 23.2 Å². The average molecular weight is 462 g/mol. The van der Waals surface area contributed by atoms with E-state index in [0.29, 0.717) is 25.0 Å². The summed E-state index contributed by atoms with van der Waals surface area (Å²) >= 11 is 0. The molecular formula is C20H22F4N2O4S. The number of carbonyl (C=O) groups is 1. The molecule has 0 aromatic heterocycles. The zero-order valence-electron chi connectivity index (χ0n) is 16.8. The maximum absolute atomic E-state index is 14.3. The smallest absolute Gasteiger partial charge is 0.255 e. The molecule has 0 heterocycles. The number of halogens is 4. The van der Waals surface area contributed by atoms with Gasteiger partial charge in [-0.15, -0.1) is 0 Å². The van der Waals surface area contributed by atoms with E-state index in [1.807, 2.05) is 0 Å². The van der Waals surface area contributed by atoms with E-state index < -0.39 is 55.9 Å². The van der Waals surface area contributed by atoms with Crippen LogP contribution in [-0.2, 0) is 10.0 Å². The second-order valence-corrected chi connectivity index (χ2v) is 8.75. The van der Waals surface area contributed by atoms with Crippen LogP contribution in [0.2, 0.25) is 0 Å². The summed E-state index contributed by atoms with van der Waals surface area (Å²) < 4.78 is 80.8. The van der Waals surface area contributed by atoms with Crippen molar-refractivity contribution < 1.29 is 35.9 Å². The lowest BCUT2D eigenvalue weighted by Crippen LogP contribution is -2.33. The lowest BCUT2D eigenvalue weighted by atomic mass is 10.2. The summed E-state index contributed by atoms with van der Waals surface area (Å²) in [5, 5.41) is 11.4. The molecule has 1 amide bonds. The molecule has 0 spiro atoms. The van der Waals surface area contributed by atoms with Crippen LogP contribution in [0.5, 0.6) is 0 Å². The molecule has 0 saturated heterocycles. The van der Waals surface area contributed by atoms with E-state index in [-0.39, 0.29) is 18.7 Å². The second-order valence-electron chi connectivity index (χ2n) is 6.84. The van der Waals surface area contributed by atoms with Gasteiger partial charge in [0.1, 0.15) is 10.7 Å². The number of sulfonamides is 1. The van der Waals surface area contributed by atoms with Crippen molar-refractivity contribution in [2.24, 2.45) is 0 Å². The third kappa shape index (κ3) is 6.02. The number of aliphatic hydroxyl groups excluding tert-OH is 1. The molecule has 0 unspecified atom stereocenters. The molecule has 0 saturated carbocycles. The SMILES string of the molecule is CCN(CCC[C@H](C)O)S(=O)(=O)c1cc(C(=O)Nc2cc(F)c(F)c(F)c2)ccc1F. The van der Waals surface area contributed by atoms with Gasteiger partial charge in [0.2, 0.25) is 10.0 Å². The standard InChI is InChI=1S/C20H22F4N2O4S/c1-3-26(8-4-5-12(2)27)31(29,30)18-9-13(6-7-15(18)21)20(28)25-14-10-16(22)19(24)17(23)11-14/h6-7,9-12,27H,3-5,8H2,1-2H3,(H,25,28)/t12-/m0/s1. The molecule has 0 aliphatic carbocycles. The van der Waals surface area contributed by atoms with E-state index in [9.17, 15) is 35.9 Å². The van der Waals surface area contributed by atoms with E-state index in [4.69, 9.17) is 0 Å². The zero-order valence-corrected chi connectivity index (χ0v) is 17.6. The van der Waals surface area contributed by atoms with Crippen molar-refractivity contribution in [2.45, 2.75) is 37.7 Å². The fraction of sp³-hybridized carbons (Fsp3) is 0.350. The summed E-state index contributed by atoms with van der Waals surface area (Å²) in [6.45, 7) is 3.19. The molecule has 11 heteroatoms. The van der Waals surface area contributed by atoms with Gasteiger partial charge in [0.05, 0.1) is 6.10 Å². The fourth-order valence-corrected chi connectivity index (χ4v) is 4.40. The van der Waals surface area contributed by atoms with Crippen molar-refractivity contribution in [1.29, 1.82) is 0 Å². The Morgan fingerprint density at radius 2 is 1.71 bits per heavy atom. The van der Waals surface area contributed by atoms with Crippen LogP contribution in [0.25, 0.3) is 0 Å². The zero-order chi connectivity index (χ0) is 23.3. The summed E-state index contributed by atoms with van der Waals surface area (Å²) in [5.41, 5.74) is -0.686. The van der Waals surface area contributed by atoms with Gasteiger partial charge in [-0.1, -0.05) is 6.92 Å². The number of nitrogens with zero attached hydrogens (tertiary/aromatic N) is 1. The van der Waals surface area contributed by atoms with Gasteiger partial charge >= 0.3 is 0 Å². The third-order valence-corrected chi connectivity index (χ3v) is 6.42. The molecule has 0 radical (unpaired) electrons. The molecule has 0 aliphatic rings. The first-order valence-electron chi connectivity index (χ1n) is 9.41. The highest BCUT2D eigenvalue weighted by molar-refractivity contribution is 7.89. The van der Waals surface area contributed by atoms with Gasteiger partial charge in [0, 0.05) is 36.5 Å².